The van der Waals surface area contributed by atoms with Gasteiger partial charge in [-0.15, -0.1) is 0 Å². The Kier molecular flexibility index (Phi) is 14.4. The van der Waals surface area contributed by atoms with Gasteiger partial charge in [-0.3, -0.25) is 0 Å². The van der Waals surface area contributed by atoms with Crippen molar-refractivity contribution in [2.75, 3.05) is 6.61 Å². The average Bonchev–Trinajstić information content (AvgIpc) is 3.11. The molecule has 0 saturated heterocycles. The van der Waals surface area contributed by atoms with E-state index in [2.05, 4.69) is 6.92 Å². The Bertz CT molecular complexity index is 1660. The summed E-state index contributed by atoms with van der Waals surface area (Å²) in [5.74, 6) is -1.79. The zero-order valence-corrected chi connectivity index (χ0v) is 27.7. The van der Waals surface area contributed by atoms with Gasteiger partial charge in [-0.1, -0.05) is 70.8 Å². The highest BCUT2D eigenvalue weighted by atomic mass is 16.5. The Balaban J connectivity index is 1.18. The van der Waals surface area contributed by atoms with Crippen molar-refractivity contribution < 1.29 is 43.2 Å². The minimum absolute atomic E-state index is 0.0603. The fraction of sp³-hybridized carbons (Fsp3) is 0.300. The van der Waals surface area contributed by atoms with E-state index >= 15 is 0 Å². The van der Waals surface area contributed by atoms with Crippen LogP contribution in [0.2, 0.25) is 0 Å². The van der Waals surface area contributed by atoms with Crippen LogP contribution in [-0.2, 0) is 0 Å². The summed E-state index contributed by atoms with van der Waals surface area (Å²) in [6, 6.07) is 24.0. The van der Waals surface area contributed by atoms with E-state index < -0.39 is 23.9 Å². The molecule has 0 aliphatic heterocycles. The lowest BCUT2D eigenvalue weighted by Gasteiger charge is -2.09. The number of unbranched alkanes of at least 4 members (excludes halogenated alkanes) is 9. The maximum atomic E-state index is 12.7. The van der Waals surface area contributed by atoms with Crippen LogP contribution < -0.4 is 18.9 Å². The van der Waals surface area contributed by atoms with Gasteiger partial charge in [0.1, 0.15) is 23.0 Å². The number of hydrogen-bond donors (Lipinski definition) is 1. The first-order valence-electron chi connectivity index (χ1n) is 16.8. The predicted octanol–water partition coefficient (Wildman–Crippen LogP) is 9.34. The number of hydrogen-bond acceptors (Lipinski definition) is 8. The molecule has 4 rings (SSSR count). The van der Waals surface area contributed by atoms with E-state index in [0.717, 1.165) is 12.8 Å². The summed E-state index contributed by atoms with van der Waals surface area (Å²) in [5, 5.41) is 9.01. The second-order valence-corrected chi connectivity index (χ2v) is 11.6. The lowest BCUT2D eigenvalue weighted by Crippen LogP contribution is -2.12. The smallest absolute Gasteiger partial charge is 0.343 e. The number of carbonyl (C=O) groups is 4. The molecule has 0 radical (unpaired) electrons. The molecule has 0 heterocycles. The zero-order chi connectivity index (χ0) is 34.8. The third kappa shape index (κ3) is 12.3. The van der Waals surface area contributed by atoms with Gasteiger partial charge in [0.2, 0.25) is 0 Å². The quantitative estimate of drug-likeness (QED) is 0.0592. The summed E-state index contributed by atoms with van der Waals surface area (Å²) in [4.78, 5) is 49.0. The van der Waals surface area contributed by atoms with E-state index in [9.17, 15) is 19.2 Å². The van der Waals surface area contributed by atoms with Gasteiger partial charge in [0, 0.05) is 0 Å². The van der Waals surface area contributed by atoms with Crippen LogP contribution in [0, 0.1) is 0 Å². The predicted molar refractivity (Wildman–Crippen MR) is 185 cm³/mol. The van der Waals surface area contributed by atoms with Crippen molar-refractivity contribution >= 4 is 23.9 Å². The molecular formula is C40H42O9. The number of benzene rings is 4. The van der Waals surface area contributed by atoms with Crippen LogP contribution in [0.3, 0.4) is 0 Å². The van der Waals surface area contributed by atoms with E-state index in [4.69, 9.17) is 24.1 Å². The van der Waals surface area contributed by atoms with Gasteiger partial charge in [-0.05, 0) is 97.4 Å². The highest BCUT2D eigenvalue weighted by Gasteiger charge is 2.15. The van der Waals surface area contributed by atoms with Gasteiger partial charge in [0.15, 0.2) is 0 Å². The number of carbonyl (C=O) groups excluding carboxylic acids is 3. The number of carboxylic acids is 1. The maximum absolute atomic E-state index is 12.7. The minimum atomic E-state index is -1.09. The molecule has 9 heteroatoms. The highest BCUT2D eigenvalue weighted by Crippen LogP contribution is 2.21. The van der Waals surface area contributed by atoms with E-state index in [1.54, 1.807) is 24.3 Å². The fourth-order valence-corrected chi connectivity index (χ4v) is 4.98. The molecule has 4 aromatic rings. The standard InChI is InChI=1S/C40H42O9/c1-2-3-4-5-6-7-8-9-10-11-27-46-33-21-17-30(18-22-33)38(43)47-35-25-19-31(20-26-35)39(44)49-36-14-12-13-32(28-36)40(45)48-34-23-15-29(16-24-34)37(41)42/h12-26,28H,2-11,27H2,1H3,(H,41,42). The summed E-state index contributed by atoms with van der Waals surface area (Å²) < 4.78 is 22.0. The Morgan fingerprint density at radius 1 is 0.469 bits per heavy atom. The lowest BCUT2D eigenvalue weighted by atomic mass is 10.1. The first kappa shape index (κ1) is 36.4. The van der Waals surface area contributed by atoms with Crippen molar-refractivity contribution in [3.8, 4) is 23.0 Å². The van der Waals surface area contributed by atoms with Gasteiger partial charge in [0.05, 0.1) is 28.9 Å². The minimum Gasteiger partial charge on any atom is -0.494 e. The number of ether oxygens (including phenoxy) is 4. The topological polar surface area (TPSA) is 125 Å². The molecular weight excluding hydrogens is 624 g/mol. The number of rotatable bonds is 19. The number of carboxylic acid groups (broad SMARTS) is 1. The van der Waals surface area contributed by atoms with E-state index in [1.807, 2.05) is 0 Å². The van der Waals surface area contributed by atoms with Gasteiger partial charge in [0.25, 0.3) is 0 Å². The van der Waals surface area contributed by atoms with Gasteiger partial charge in [-0.2, -0.15) is 0 Å². The largest absolute Gasteiger partial charge is 0.494 e. The molecule has 0 unspecified atom stereocenters. The van der Waals surface area contributed by atoms with Crippen LogP contribution in [0.1, 0.15) is 113 Å². The van der Waals surface area contributed by atoms with Crippen LogP contribution in [0.5, 0.6) is 23.0 Å². The normalized spacial score (nSPS) is 10.6. The van der Waals surface area contributed by atoms with E-state index in [-0.39, 0.29) is 33.9 Å². The second kappa shape index (κ2) is 19.4. The van der Waals surface area contributed by atoms with Crippen LogP contribution >= 0.6 is 0 Å². The van der Waals surface area contributed by atoms with Crippen molar-refractivity contribution in [1.82, 2.24) is 0 Å². The third-order valence-corrected chi connectivity index (χ3v) is 7.75. The van der Waals surface area contributed by atoms with E-state index in [1.165, 1.54) is 124 Å². The van der Waals surface area contributed by atoms with Crippen LogP contribution in [0.4, 0.5) is 0 Å². The molecule has 0 aliphatic carbocycles. The third-order valence-electron chi connectivity index (χ3n) is 7.75. The Morgan fingerprint density at radius 2 is 0.898 bits per heavy atom. The number of esters is 3. The molecule has 0 spiro atoms. The van der Waals surface area contributed by atoms with Crippen LogP contribution in [0.15, 0.2) is 97.1 Å². The summed E-state index contributed by atoms with van der Waals surface area (Å²) in [7, 11) is 0. The molecule has 9 nitrogen and oxygen atoms in total. The number of aromatic carboxylic acids is 1. The van der Waals surface area contributed by atoms with E-state index in [0.29, 0.717) is 17.9 Å². The molecule has 0 fully saturated rings. The Labute approximate surface area is 286 Å². The molecule has 0 bridgehead atoms. The first-order chi connectivity index (χ1) is 23.8. The summed E-state index contributed by atoms with van der Waals surface area (Å²) in [5.41, 5.74) is 0.759. The molecule has 0 aliphatic rings. The molecule has 0 saturated carbocycles. The zero-order valence-electron chi connectivity index (χ0n) is 27.7. The molecule has 49 heavy (non-hydrogen) atoms. The van der Waals surface area contributed by atoms with Gasteiger partial charge >= 0.3 is 23.9 Å². The maximum Gasteiger partial charge on any atom is 0.343 e. The Morgan fingerprint density at radius 3 is 1.41 bits per heavy atom. The fourth-order valence-electron chi connectivity index (χ4n) is 4.98. The average molecular weight is 667 g/mol. The van der Waals surface area contributed by atoms with Crippen molar-refractivity contribution in [2.45, 2.75) is 71.1 Å². The van der Waals surface area contributed by atoms with Crippen LogP contribution in [0.25, 0.3) is 0 Å². The van der Waals surface area contributed by atoms with Crippen molar-refractivity contribution in [1.29, 1.82) is 0 Å². The second-order valence-electron chi connectivity index (χ2n) is 11.6. The Hall–Kier alpha value is -5.44. The SMILES string of the molecule is CCCCCCCCCCCCOc1ccc(C(=O)Oc2ccc(C(=O)Oc3cccc(C(=O)Oc4ccc(C(=O)O)cc4)c3)cc2)cc1. The summed E-state index contributed by atoms with van der Waals surface area (Å²) in [6.45, 7) is 2.88. The molecule has 0 amide bonds. The van der Waals surface area contributed by atoms with Gasteiger partial charge < -0.3 is 24.1 Å². The molecule has 0 atom stereocenters. The van der Waals surface area contributed by atoms with Crippen LogP contribution in [-0.4, -0.2) is 35.6 Å². The van der Waals surface area contributed by atoms with Crippen molar-refractivity contribution in [3.63, 3.8) is 0 Å². The summed E-state index contributed by atoms with van der Waals surface area (Å²) in [6.07, 6.45) is 12.6. The first-order valence-corrected chi connectivity index (χ1v) is 16.8. The summed E-state index contributed by atoms with van der Waals surface area (Å²) >= 11 is 0. The highest BCUT2D eigenvalue weighted by molar-refractivity contribution is 5.94. The lowest BCUT2D eigenvalue weighted by molar-refractivity contribution is 0.0692. The molecule has 0 aromatic heterocycles. The molecule has 4 aromatic carbocycles. The van der Waals surface area contributed by atoms with Crippen molar-refractivity contribution in [3.05, 3.63) is 119 Å². The van der Waals surface area contributed by atoms with Gasteiger partial charge in [-0.25, -0.2) is 19.2 Å². The molecule has 256 valence electrons. The molecule has 1 N–H and O–H groups in total. The monoisotopic (exact) mass is 666 g/mol. The van der Waals surface area contributed by atoms with Crippen molar-refractivity contribution in [2.24, 2.45) is 0 Å².